The quantitative estimate of drug-likeness (QED) is 0.819. The number of nitrogens with zero attached hydrogens (tertiary/aromatic N) is 2. The molecule has 2 atom stereocenters. The molecule has 2 aromatic rings. The van der Waals surface area contributed by atoms with Crippen LogP contribution >= 0.6 is 11.8 Å². The lowest BCUT2D eigenvalue weighted by atomic mass is 10.3. The van der Waals surface area contributed by atoms with Crippen LogP contribution in [-0.4, -0.2) is 36.8 Å². The number of rotatable bonds is 6. The van der Waals surface area contributed by atoms with Gasteiger partial charge in [-0.15, -0.1) is 11.8 Å². The molecule has 2 N–H and O–H groups in total. The fraction of sp³-hybridized carbons (Fsp3) is 0.353. The van der Waals surface area contributed by atoms with Crippen molar-refractivity contribution in [1.29, 1.82) is 0 Å². The Morgan fingerprint density at radius 3 is 2.32 bits per heavy atom. The lowest BCUT2D eigenvalue weighted by Gasteiger charge is -2.13. The maximum Gasteiger partial charge on any atom is 0.316 e. The van der Waals surface area contributed by atoms with Gasteiger partial charge in [0.1, 0.15) is 10.9 Å². The molecule has 0 saturated carbocycles. The first-order valence-electron chi connectivity index (χ1n) is 7.77. The van der Waals surface area contributed by atoms with E-state index in [0.29, 0.717) is 11.4 Å². The normalized spacial score (nSPS) is 13.3. The number of thioether (sulfide) groups is 1. The zero-order chi connectivity index (χ0) is 18.7. The molecule has 2 rings (SSSR count). The Hall–Kier alpha value is -2.48. The highest BCUT2D eigenvalue weighted by Crippen LogP contribution is 2.20. The summed E-state index contributed by atoms with van der Waals surface area (Å²) in [5.41, 5.74) is 1.18. The first-order valence-corrected chi connectivity index (χ1v) is 8.71. The molecule has 1 aromatic heterocycles. The molecule has 0 aliphatic carbocycles. The number of carbonyl (C=O) groups excluding carboxylic acids is 1. The Kier molecular flexibility index (Phi) is 5.73. The molecule has 1 amide bonds. The number of aliphatic carboxylic acids is 1. The van der Waals surface area contributed by atoms with Gasteiger partial charge in [-0.25, -0.2) is 4.68 Å². The van der Waals surface area contributed by atoms with Crippen molar-refractivity contribution in [2.75, 3.05) is 5.32 Å². The van der Waals surface area contributed by atoms with Crippen molar-refractivity contribution in [1.82, 2.24) is 9.36 Å². The summed E-state index contributed by atoms with van der Waals surface area (Å²) in [5.74, 6) is -1.38. The molecule has 0 spiro atoms. The number of carbonyl (C=O) groups is 2. The van der Waals surface area contributed by atoms with E-state index < -0.39 is 22.4 Å². The second-order valence-electron chi connectivity index (χ2n) is 5.68. The van der Waals surface area contributed by atoms with Gasteiger partial charge in [-0.3, -0.25) is 19.1 Å². The monoisotopic (exact) mass is 363 g/mol. The van der Waals surface area contributed by atoms with E-state index in [2.05, 4.69) is 5.32 Å². The molecule has 134 valence electrons. The third-order valence-electron chi connectivity index (χ3n) is 3.93. The zero-order valence-corrected chi connectivity index (χ0v) is 15.3. The van der Waals surface area contributed by atoms with Crippen LogP contribution < -0.4 is 10.9 Å². The Labute approximate surface area is 149 Å². The van der Waals surface area contributed by atoms with Gasteiger partial charge in [-0.05, 0) is 32.9 Å². The van der Waals surface area contributed by atoms with Crippen LogP contribution in [0.15, 0.2) is 35.1 Å². The van der Waals surface area contributed by atoms with E-state index in [1.165, 1.54) is 11.6 Å². The van der Waals surface area contributed by atoms with Gasteiger partial charge in [-0.1, -0.05) is 18.2 Å². The van der Waals surface area contributed by atoms with Crippen LogP contribution in [0.3, 0.4) is 0 Å². The molecule has 0 aliphatic heterocycles. The van der Waals surface area contributed by atoms with Gasteiger partial charge in [0, 0.05) is 7.05 Å². The minimum Gasteiger partial charge on any atom is -0.480 e. The van der Waals surface area contributed by atoms with E-state index >= 15 is 0 Å². The highest BCUT2D eigenvalue weighted by molar-refractivity contribution is 8.01. The van der Waals surface area contributed by atoms with E-state index in [1.54, 1.807) is 37.7 Å². The summed E-state index contributed by atoms with van der Waals surface area (Å²) in [5, 5.41) is 10.3. The topological polar surface area (TPSA) is 93.3 Å². The van der Waals surface area contributed by atoms with Gasteiger partial charge in [0.25, 0.3) is 5.56 Å². The predicted octanol–water partition coefficient (Wildman–Crippen LogP) is 2.02. The fourth-order valence-electron chi connectivity index (χ4n) is 2.36. The maximum atomic E-state index is 12.7. The third kappa shape index (κ3) is 3.96. The number of para-hydroxylation sites is 1. The largest absolute Gasteiger partial charge is 0.480 e. The molecule has 0 saturated heterocycles. The van der Waals surface area contributed by atoms with Crippen LogP contribution in [0.25, 0.3) is 5.69 Å². The Bertz CT molecular complexity index is 842. The Balaban J connectivity index is 2.28. The highest BCUT2D eigenvalue weighted by Gasteiger charge is 2.24. The van der Waals surface area contributed by atoms with Crippen molar-refractivity contribution in [3.8, 4) is 5.69 Å². The molecule has 0 fully saturated rings. The van der Waals surface area contributed by atoms with Crippen LogP contribution in [0.2, 0.25) is 0 Å². The van der Waals surface area contributed by atoms with E-state index in [1.807, 2.05) is 18.2 Å². The van der Waals surface area contributed by atoms with E-state index in [0.717, 1.165) is 11.8 Å². The molecule has 1 aromatic carbocycles. The summed E-state index contributed by atoms with van der Waals surface area (Å²) in [4.78, 5) is 36.0. The first kappa shape index (κ1) is 18.9. The Morgan fingerprint density at radius 1 is 1.16 bits per heavy atom. The standard InChI is InChI=1S/C17H21N3O4S/c1-10-14(18-15(21)11(2)25-12(3)17(23)24)16(22)20(19(10)4)13-8-6-5-7-9-13/h5-9,11-12H,1-4H3,(H,18,21)(H,23,24)/t11-,12?/m0/s1. The zero-order valence-electron chi connectivity index (χ0n) is 14.5. The van der Waals surface area contributed by atoms with Crippen LogP contribution in [-0.2, 0) is 16.6 Å². The van der Waals surface area contributed by atoms with Gasteiger partial charge < -0.3 is 10.4 Å². The van der Waals surface area contributed by atoms with Crippen molar-refractivity contribution < 1.29 is 14.7 Å². The molecule has 1 unspecified atom stereocenters. The minimum absolute atomic E-state index is 0.201. The fourth-order valence-corrected chi connectivity index (χ4v) is 3.27. The number of hydrogen-bond donors (Lipinski definition) is 2. The second-order valence-corrected chi connectivity index (χ2v) is 7.37. The number of hydrogen-bond acceptors (Lipinski definition) is 4. The SMILES string of the molecule is Cc1c(NC(=O)[C@H](C)SC(C)C(=O)O)c(=O)n(-c2ccccc2)n1C. The number of aromatic nitrogens is 2. The number of benzene rings is 1. The molecule has 8 heteroatoms. The molecule has 1 heterocycles. The van der Waals surface area contributed by atoms with Gasteiger partial charge in [0.2, 0.25) is 5.91 Å². The summed E-state index contributed by atoms with van der Waals surface area (Å²) in [6.45, 7) is 4.88. The molecule has 0 radical (unpaired) electrons. The molecule has 0 bridgehead atoms. The van der Waals surface area contributed by atoms with Crippen molar-refractivity contribution in [2.45, 2.75) is 31.3 Å². The van der Waals surface area contributed by atoms with Crippen LogP contribution in [0, 0.1) is 6.92 Å². The molecule has 25 heavy (non-hydrogen) atoms. The van der Waals surface area contributed by atoms with Gasteiger partial charge >= 0.3 is 5.97 Å². The number of carboxylic acid groups (broad SMARTS) is 1. The number of carboxylic acids is 1. The summed E-state index contributed by atoms with van der Waals surface area (Å²) in [6.07, 6.45) is 0. The van der Waals surface area contributed by atoms with Crippen LogP contribution in [0.4, 0.5) is 5.69 Å². The third-order valence-corrected chi connectivity index (χ3v) is 5.16. The summed E-state index contributed by atoms with van der Waals surface area (Å²) in [6, 6.07) is 9.12. The average molecular weight is 363 g/mol. The van der Waals surface area contributed by atoms with Gasteiger partial charge in [0.15, 0.2) is 0 Å². The minimum atomic E-state index is -0.980. The van der Waals surface area contributed by atoms with Crippen molar-refractivity contribution in [2.24, 2.45) is 7.05 Å². The van der Waals surface area contributed by atoms with Crippen LogP contribution in [0.1, 0.15) is 19.5 Å². The van der Waals surface area contributed by atoms with Gasteiger partial charge in [-0.2, -0.15) is 0 Å². The van der Waals surface area contributed by atoms with Crippen molar-refractivity contribution in [3.05, 3.63) is 46.4 Å². The Morgan fingerprint density at radius 2 is 1.76 bits per heavy atom. The molecular weight excluding hydrogens is 342 g/mol. The van der Waals surface area contributed by atoms with Crippen LogP contribution in [0.5, 0.6) is 0 Å². The summed E-state index contributed by atoms with van der Waals surface area (Å²) in [7, 11) is 1.74. The predicted molar refractivity (Wildman–Crippen MR) is 98.5 cm³/mol. The van der Waals surface area contributed by atoms with Crippen molar-refractivity contribution >= 4 is 29.3 Å². The van der Waals surface area contributed by atoms with E-state index in [4.69, 9.17) is 5.11 Å². The molecule has 7 nitrogen and oxygen atoms in total. The molecular formula is C17H21N3O4S. The van der Waals surface area contributed by atoms with E-state index in [-0.39, 0.29) is 11.2 Å². The summed E-state index contributed by atoms with van der Waals surface area (Å²) < 4.78 is 3.15. The van der Waals surface area contributed by atoms with Crippen molar-refractivity contribution in [3.63, 3.8) is 0 Å². The first-order chi connectivity index (χ1) is 11.7. The number of anilines is 1. The van der Waals surface area contributed by atoms with E-state index in [9.17, 15) is 14.4 Å². The number of nitrogens with one attached hydrogen (secondary N) is 1. The molecule has 0 aliphatic rings. The lowest BCUT2D eigenvalue weighted by Crippen LogP contribution is -2.29. The highest BCUT2D eigenvalue weighted by atomic mass is 32.2. The second kappa shape index (κ2) is 7.60. The maximum absolute atomic E-state index is 12.7. The summed E-state index contributed by atoms with van der Waals surface area (Å²) >= 11 is 1.03. The average Bonchev–Trinajstić information content (AvgIpc) is 2.78. The smallest absolute Gasteiger partial charge is 0.316 e. The number of amides is 1. The lowest BCUT2D eigenvalue weighted by molar-refractivity contribution is -0.136. The van der Waals surface area contributed by atoms with Gasteiger partial charge in [0.05, 0.1) is 16.6 Å².